The SMILES string of the molecule is c1ccc(-c2ccn(Cc3ccc(Cn4ccc(-c5ccccc5)c4)cc3)c2)cc1. The van der Waals surface area contributed by atoms with Crippen LogP contribution in [0, 0.1) is 0 Å². The lowest BCUT2D eigenvalue weighted by Crippen LogP contribution is -1.99. The number of benzene rings is 3. The number of hydrogen-bond acceptors (Lipinski definition) is 0. The topological polar surface area (TPSA) is 9.86 Å². The largest absolute Gasteiger partial charge is 0.349 e. The van der Waals surface area contributed by atoms with Crippen molar-refractivity contribution in [2.24, 2.45) is 0 Å². The van der Waals surface area contributed by atoms with E-state index in [1.54, 1.807) is 0 Å². The fraction of sp³-hybridized carbons (Fsp3) is 0.0714. The summed E-state index contributed by atoms with van der Waals surface area (Å²) in [6.45, 7) is 1.77. The molecule has 0 amide bonds. The van der Waals surface area contributed by atoms with Gasteiger partial charge in [0.25, 0.3) is 0 Å². The third-order valence-electron chi connectivity index (χ3n) is 5.47. The molecule has 0 aliphatic rings. The fourth-order valence-electron chi connectivity index (χ4n) is 3.85. The molecule has 0 N–H and O–H groups in total. The first-order valence-electron chi connectivity index (χ1n) is 10.3. The Morgan fingerprint density at radius 2 is 0.800 bits per heavy atom. The lowest BCUT2D eigenvalue weighted by molar-refractivity contribution is 0.793. The highest BCUT2D eigenvalue weighted by Crippen LogP contribution is 2.21. The third kappa shape index (κ3) is 4.13. The van der Waals surface area contributed by atoms with Crippen LogP contribution in [0.3, 0.4) is 0 Å². The van der Waals surface area contributed by atoms with Crippen LogP contribution in [-0.4, -0.2) is 9.13 Å². The van der Waals surface area contributed by atoms with E-state index >= 15 is 0 Å². The van der Waals surface area contributed by atoms with Gasteiger partial charge in [0.2, 0.25) is 0 Å². The van der Waals surface area contributed by atoms with Crippen molar-refractivity contribution < 1.29 is 0 Å². The minimum Gasteiger partial charge on any atom is -0.349 e. The van der Waals surface area contributed by atoms with Crippen molar-refractivity contribution in [2.75, 3.05) is 0 Å². The Morgan fingerprint density at radius 3 is 1.20 bits per heavy atom. The van der Waals surface area contributed by atoms with E-state index in [2.05, 4.69) is 131 Å². The van der Waals surface area contributed by atoms with Crippen LogP contribution < -0.4 is 0 Å². The molecule has 5 aromatic rings. The highest BCUT2D eigenvalue weighted by Gasteiger charge is 2.03. The van der Waals surface area contributed by atoms with Crippen LogP contribution in [0.2, 0.25) is 0 Å². The second kappa shape index (κ2) is 8.30. The van der Waals surface area contributed by atoms with Crippen LogP contribution in [0.25, 0.3) is 22.3 Å². The molecule has 0 saturated heterocycles. The van der Waals surface area contributed by atoms with Crippen molar-refractivity contribution in [3.63, 3.8) is 0 Å². The minimum atomic E-state index is 0.884. The molecule has 0 fully saturated rings. The van der Waals surface area contributed by atoms with Gasteiger partial charge in [0, 0.05) is 37.9 Å². The Hall–Kier alpha value is -3.78. The second-order valence-electron chi connectivity index (χ2n) is 7.69. The predicted molar refractivity (Wildman–Crippen MR) is 124 cm³/mol. The molecule has 5 rings (SSSR count). The van der Waals surface area contributed by atoms with Crippen molar-refractivity contribution in [1.29, 1.82) is 0 Å². The third-order valence-corrected chi connectivity index (χ3v) is 5.47. The maximum absolute atomic E-state index is 2.25. The number of aromatic nitrogens is 2. The molecule has 0 aliphatic heterocycles. The Kier molecular flexibility index (Phi) is 5.05. The van der Waals surface area contributed by atoms with Gasteiger partial charge in [0.15, 0.2) is 0 Å². The van der Waals surface area contributed by atoms with E-state index in [4.69, 9.17) is 0 Å². The monoisotopic (exact) mass is 388 g/mol. The summed E-state index contributed by atoms with van der Waals surface area (Å²) < 4.78 is 4.49. The van der Waals surface area contributed by atoms with E-state index in [1.807, 2.05) is 0 Å². The van der Waals surface area contributed by atoms with Gasteiger partial charge in [0.1, 0.15) is 0 Å². The summed E-state index contributed by atoms with van der Waals surface area (Å²) in [6.07, 6.45) is 8.74. The lowest BCUT2D eigenvalue weighted by atomic mass is 10.1. The van der Waals surface area contributed by atoms with Crippen molar-refractivity contribution in [3.8, 4) is 22.3 Å². The van der Waals surface area contributed by atoms with Gasteiger partial charge in [-0.15, -0.1) is 0 Å². The normalized spacial score (nSPS) is 10.9. The van der Waals surface area contributed by atoms with Gasteiger partial charge in [-0.3, -0.25) is 0 Å². The molecule has 0 spiro atoms. The average molecular weight is 389 g/mol. The first-order valence-corrected chi connectivity index (χ1v) is 10.3. The van der Waals surface area contributed by atoms with E-state index in [-0.39, 0.29) is 0 Å². The van der Waals surface area contributed by atoms with Gasteiger partial charge in [-0.25, -0.2) is 0 Å². The van der Waals surface area contributed by atoms with Crippen molar-refractivity contribution >= 4 is 0 Å². The zero-order chi connectivity index (χ0) is 20.2. The summed E-state index contributed by atoms with van der Waals surface area (Å²) in [4.78, 5) is 0. The maximum atomic E-state index is 2.25. The Morgan fingerprint density at radius 1 is 0.400 bits per heavy atom. The highest BCUT2D eigenvalue weighted by atomic mass is 14.9. The maximum Gasteiger partial charge on any atom is 0.0470 e. The molecule has 0 atom stereocenters. The summed E-state index contributed by atoms with van der Waals surface area (Å²) in [5.74, 6) is 0. The molecule has 30 heavy (non-hydrogen) atoms. The van der Waals surface area contributed by atoms with Gasteiger partial charge in [0.05, 0.1) is 0 Å². The van der Waals surface area contributed by atoms with E-state index in [0.29, 0.717) is 0 Å². The summed E-state index contributed by atoms with van der Waals surface area (Å²) in [6, 6.07) is 34.3. The summed E-state index contributed by atoms with van der Waals surface area (Å²) in [5, 5.41) is 0. The van der Waals surface area contributed by atoms with Gasteiger partial charge in [-0.2, -0.15) is 0 Å². The zero-order valence-electron chi connectivity index (χ0n) is 16.9. The fourth-order valence-corrected chi connectivity index (χ4v) is 3.85. The van der Waals surface area contributed by atoms with Gasteiger partial charge < -0.3 is 9.13 Å². The highest BCUT2D eigenvalue weighted by molar-refractivity contribution is 5.63. The van der Waals surface area contributed by atoms with Crippen molar-refractivity contribution in [2.45, 2.75) is 13.1 Å². The minimum absolute atomic E-state index is 0.884. The first-order chi connectivity index (χ1) is 14.8. The predicted octanol–water partition coefficient (Wildman–Crippen LogP) is 6.72. The molecular weight excluding hydrogens is 364 g/mol. The van der Waals surface area contributed by atoms with E-state index in [1.165, 1.54) is 33.4 Å². The van der Waals surface area contributed by atoms with Crippen LogP contribution in [0.5, 0.6) is 0 Å². The molecule has 2 aromatic heterocycles. The standard InChI is InChI=1S/C28H24N2/c1-3-7-25(8-4-1)27-15-17-29(21-27)19-23-11-13-24(14-12-23)20-30-18-16-28(22-30)26-9-5-2-6-10-26/h1-18,21-22H,19-20H2. The number of hydrogen-bond donors (Lipinski definition) is 0. The zero-order valence-corrected chi connectivity index (χ0v) is 16.9. The van der Waals surface area contributed by atoms with E-state index < -0.39 is 0 Å². The van der Waals surface area contributed by atoms with Crippen LogP contribution in [0.4, 0.5) is 0 Å². The molecule has 2 nitrogen and oxygen atoms in total. The van der Waals surface area contributed by atoms with Gasteiger partial charge >= 0.3 is 0 Å². The molecule has 0 bridgehead atoms. The number of nitrogens with zero attached hydrogens (tertiary/aromatic N) is 2. The summed E-state index contributed by atoms with van der Waals surface area (Å²) >= 11 is 0. The van der Waals surface area contributed by atoms with Crippen LogP contribution in [-0.2, 0) is 13.1 Å². The van der Waals surface area contributed by atoms with Crippen molar-refractivity contribution in [3.05, 3.63) is 133 Å². The molecular formula is C28H24N2. The molecule has 0 radical (unpaired) electrons. The first kappa shape index (κ1) is 18.3. The van der Waals surface area contributed by atoms with Crippen molar-refractivity contribution in [1.82, 2.24) is 9.13 Å². The summed E-state index contributed by atoms with van der Waals surface area (Å²) in [5.41, 5.74) is 7.65. The molecule has 146 valence electrons. The lowest BCUT2D eigenvalue weighted by Gasteiger charge is -2.07. The van der Waals surface area contributed by atoms with Gasteiger partial charge in [-0.1, -0.05) is 84.9 Å². The molecule has 0 aliphatic carbocycles. The molecule has 3 aromatic carbocycles. The molecule has 0 unspecified atom stereocenters. The number of rotatable bonds is 6. The van der Waals surface area contributed by atoms with E-state index in [0.717, 1.165) is 13.1 Å². The van der Waals surface area contributed by atoms with Crippen LogP contribution in [0.15, 0.2) is 122 Å². The smallest absolute Gasteiger partial charge is 0.0470 e. The Labute approximate surface area is 177 Å². The van der Waals surface area contributed by atoms with Crippen LogP contribution in [0.1, 0.15) is 11.1 Å². The average Bonchev–Trinajstić information content (AvgIpc) is 3.46. The van der Waals surface area contributed by atoms with Gasteiger partial charge in [-0.05, 0) is 45.5 Å². The quantitative estimate of drug-likeness (QED) is 0.305. The molecule has 2 heteroatoms. The Balaban J connectivity index is 1.24. The van der Waals surface area contributed by atoms with E-state index in [9.17, 15) is 0 Å². The molecule has 2 heterocycles. The van der Waals surface area contributed by atoms with Crippen LogP contribution >= 0.6 is 0 Å². The summed E-state index contributed by atoms with van der Waals surface area (Å²) in [7, 11) is 0. The molecule has 0 saturated carbocycles. The second-order valence-corrected chi connectivity index (χ2v) is 7.69. The Bertz CT molecular complexity index is 1110.